The van der Waals surface area contributed by atoms with Crippen LogP contribution in [-0.4, -0.2) is 26.8 Å². The number of halogens is 1. The van der Waals surface area contributed by atoms with Crippen LogP contribution in [0.15, 0.2) is 66.9 Å². The van der Waals surface area contributed by atoms with E-state index in [-0.39, 0.29) is 22.2 Å². The van der Waals surface area contributed by atoms with E-state index in [1.54, 1.807) is 11.0 Å². The second kappa shape index (κ2) is 10.1. The van der Waals surface area contributed by atoms with Gasteiger partial charge >= 0.3 is 0 Å². The number of nitrogens with zero attached hydrogens (tertiary/aromatic N) is 3. The van der Waals surface area contributed by atoms with Gasteiger partial charge in [0.25, 0.3) is 11.6 Å². The van der Waals surface area contributed by atoms with Gasteiger partial charge in [0.05, 0.1) is 11.5 Å². The molecule has 0 unspecified atom stereocenters. The van der Waals surface area contributed by atoms with Gasteiger partial charge in [0.15, 0.2) is 0 Å². The number of hydrogen-bond donors (Lipinski definition) is 0. The number of amides is 1. The molecule has 156 valence electrons. The molecular formula is C23H24ClN3O3. The molecule has 30 heavy (non-hydrogen) atoms. The SMILES string of the molecule is CCCCN(Cc1cccn1Cc1ccccc1)C(=O)c1ccc(Cl)c([N+](=O)[O-])c1. The summed E-state index contributed by atoms with van der Waals surface area (Å²) in [5.74, 6) is -0.240. The molecular weight excluding hydrogens is 402 g/mol. The highest BCUT2D eigenvalue weighted by molar-refractivity contribution is 6.32. The molecule has 1 aromatic heterocycles. The average Bonchev–Trinajstić information content (AvgIpc) is 3.18. The summed E-state index contributed by atoms with van der Waals surface area (Å²) in [7, 11) is 0. The van der Waals surface area contributed by atoms with E-state index in [1.165, 1.54) is 17.7 Å². The molecule has 0 fully saturated rings. The van der Waals surface area contributed by atoms with E-state index in [0.29, 0.717) is 19.6 Å². The molecule has 0 saturated heterocycles. The Labute approximate surface area is 180 Å². The van der Waals surface area contributed by atoms with Crippen molar-refractivity contribution in [1.82, 2.24) is 9.47 Å². The molecule has 1 amide bonds. The summed E-state index contributed by atoms with van der Waals surface area (Å²) < 4.78 is 2.12. The molecule has 3 aromatic rings. The van der Waals surface area contributed by atoms with Crippen LogP contribution in [0.1, 0.15) is 41.4 Å². The third-order valence-electron chi connectivity index (χ3n) is 4.93. The Morgan fingerprint density at radius 3 is 2.60 bits per heavy atom. The Kier molecular flexibility index (Phi) is 7.25. The molecule has 7 heteroatoms. The quantitative estimate of drug-likeness (QED) is 0.334. The van der Waals surface area contributed by atoms with Gasteiger partial charge in [0.2, 0.25) is 0 Å². The lowest BCUT2D eigenvalue weighted by molar-refractivity contribution is -0.384. The topological polar surface area (TPSA) is 68.4 Å². The molecule has 2 aromatic carbocycles. The van der Waals surface area contributed by atoms with Crippen molar-refractivity contribution in [2.75, 3.05) is 6.54 Å². The number of carbonyl (C=O) groups excluding carboxylic acids is 1. The van der Waals surface area contributed by atoms with Gasteiger partial charge in [0, 0.05) is 36.6 Å². The van der Waals surface area contributed by atoms with Crippen LogP contribution in [0.3, 0.4) is 0 Å². The Morgan fingerprint density at radius 2 is 1.90 bits per heavy atom. The van der Waals surface area contributed by atoms with Gasteiger partial charge in [-0.1, -0.05) is 55.3 Å². The zero-order valence-electron chi connectivity index (χ0n) is 16.8. The standard InChI is InChI=1S/C23H24ClN3O3/c1-2-3-13-26(23(28)19-11-12-21(24)22(15-19)27(29)30)17-20-10-7-14-25(20)16-18-8-5-4-6-9-18/h4-12,14-15H,2-3,13,16-17H2,1H3. The molecule has 0 atom stereocenters. The Bertz CT molecular complexity index is 1020. The highest BCUT2D eigenvalue weighted by Gasteiger charge is 2.21. The molecule has 0 radical (unpaired) electrons. The van der Waals surface area contributed by atoms with Crippen molar-refractivity contribution < 1.29 is 9.72 Å². The van der Waals surface area contributed by atoms with Crippen LogP contribution in [0.25, 0.3) is 0 Å². The summed E-state index contributed by atoms with van der Waals surface area (Å²) in [6.45, 7) is 3.77. The van der Waals surface area contributed by atoms with Crippen molar-refractivity contribution in [3.63, 3.8) is 0 Å². The van der Waals surface area contributed by atoms with E-state index in [1.807, 2.05) is 36.5 Å². The normalized spacial score (nSPS) is 10.7. The van der Waals surface area contributed by atoms with Gasteiger partial charge in [-0.2, -0.15) is 0 Å². The second-order valence-electron chi connectivity index (χ2n) is 7.12. The number of carbonyl (C=O) groups is 1. The first-order chi connectivity index (χ1) is 14.5. The molecule has 3 rings (SSSR count). The largest absolute Gasteiger partial charge is 0.345 e. The Hall–Kier alpha value is -3.12. The third-order valence-corrected chi connectivity index (χ3v) is 5.25. The van der Waals surface area contributed by atoms with Crippen molar-refractivity contribution in [1.29, 1.82) is 0 Å². The summed E-state index contributed by atoms with van der Waals surface area (Å²) in [5, 5.41) is 11.2. The summed E-state index contributed by atoms with van der Waals surface area (Å²) in [6, 6.07) is 18.3. The minimum atomic E-state index is -0.569. The second-order valence-corrected chi connectivity index (χ2v) is 7.52. The average molecular weight is 426 g/mol. The van der Waals surface area contributed by atoms with Crippen LogP contribution in [0.5, 0.6) is 0 Å². The number of nitro benzene ring substituents is 1. The first kappa shape index (κ1) is 21.6. The summed E-state index contributed by atoms with van der Waals surface area (Å²) in [5.41, 5.74) is 2.19. The van der Waals surface area contributed by atoms with Crippen molar-refractivity contribution in [3.8, 4) is 0 Å². The molecule has 0 spiro atoms. The number of benzene rings is 2. The number of unbranched alkanes of at least 4 members (excludes halogenated alkanes) is 1. The van der Waals surface area contributed by atoms with E-state index >= 15 is 0 Å². The van der Waals surface area contributed by atoms with Gasteiger partial charge in [-0.25, -0.2) is 0 Å². The van der Waals surface area contributed by atoms with Gasteiger partial charge in [0.1, 0.15) is 5.02 Å². The van der Waals surface area contributed by atoms with E-state index in [9.17, 15) is 14.9 Å². The Morgan fingerprint density at radius 1 is 1.13 bits per heavy atom. The predicted molar refractivity (Wildman–Crippen MR) is 118 cm³/mol. The van der Waals surface area contributed by atoms with Crippen LogP contribution in [0.4, 0.5) is 5.69 Å². The third kappa shape index (κ3) is 5.27. The zero-order chi connectivity index (χ0) is 21.5. The monoisotopic (exact) mass is 425 g/mol. The zero-order valence-corrected chi connectivity index (χ0v) is 17.6. The summed E-state index contributed by atoms with van der Waals surface area (Å²) in [6.07, 6.45) is 3.79. The lowest BCUT2D eigenvalue weighted by Crippen LogP contribution is -2.32. The van der Waals surface area contributed by atoms with E-state index in [4.69, 9.17) is 11.6 Å². The minimum Gasteiger partial charge on any atom is -0.345 e. The summed E-state index contributed by atoms with van der Waals surface area (Å²) >= 11 is 5.90. The van der Waals surface area contributed by atoms with Crippen molar-refractivity contribution in [3.05, 3.63) is 98.8 Å². The van der Waals surface area contributed by atoms with Crippen molar-refractivity contribution >= 4 is 23.2 Å². The number of aromatic nitrogens is 1. The van der Waals surface area contributed by atoms with E-state index in [2.05, 4.69) is 23.6 Å². The van der Waals surface area contributed by atoms with Crippen molar-refractivity contribution in [2.24, 2.45) is 0 Å². The maximum atomic E-state index is 13.2. The van der Waals surface area contributed by atoms with Gasteiger partial charge in [-0.3, -0.25) is 14.9 Å². The highest BCUT2D eigenvalue weighted by atomic mass is 35.5. The highest BCUT2D eigenvalue weighted by Crippen LogP contribution is 2.26. The van der Waals surface area contributed by atoms with Gasteiger partial charge < -0.3 is 9.47 Å². The first-order valence-electron chi connectivity index (χ1n) is 9.90. The maximum Gasteiger partial charge on any atom is 0.288 e. The smallest absolute Gasteiger partial charge is 0.288 e. The number of nitro groups is 1. The van der Waals surface area contributed by atoms with E-state index < -0.39 is 4.92 Å². The molecule has 0 N–H and O–H groups in total. The first-order valence-corrected chi connectivity index (χ1v) is 10.3. The fraction of sp³-hybridized carbons (Fsp3) is 0.261. The molecule has 0 bridgehead atoms. The van der Waals surface area contributed by atoms with Crippen LogP contribution < -0.4 is 0 Å². The van der Waals surface area contributed by atoms with Crippen LogP contribution in [0.2, 0.25) is 5.02 Å². The molecule has 0 saturated carbocycles. The lowest BCUT2D eigenvalue weighted by Gasteiger charge is -2.24. The van der Waals surface area contributed by atoms with Gasteiger partial charge in [-0.15, -0.1) is 0 Å². The van der Waals surface area contributed by atoms with Gasteiger partial charge in [-0.05, 0) is 36.2 Å². The van der Waals surface area contributed by atoms with Crippen LogP contribution >= 0.6 is 11.6 Å². The van der Waals surface area contributed by atoms with Crippen molar-refractivity contribution in [2.45, 2.75) is 32.9 Å². The Balaban J connectivity index is 1.84. The molecule has 1 heterocycles. The molecule has 0 aliphatic carbocycles. The van der Waals surface area contributed by atoms with Crippen LogP contribution in [-0.2, 0) is 13.1 Å². The van der Waals surface area contributed by atoms with E-state index in [0.717, 1.165) is 18.5 Å². The number of rotatable bonds is 9. The predicted octanol–water partition coefficient (Wildman–Crippen LogP) is 5.54. The fourth-order valence-electron chi connectivity index (χ4n) is 3.29. The molecule has 0 aliphatic heterocycles. The molecule has 6 nitrogen and oxygen atoms in total. The van der Waals surface area contributed by atoms with Crippen LogP contribution in [0, 0.1) is 10.1 Å². The minimum absolute atomic E-state index is 0.0217. The lowest BCUT2D eigenvalue weighted by atomic mass is 10.1. The maximum absolute atomic E-state index is 13.2. The molecule has 0 aliphatic rings. The number of hydrogen-bond acceptors (Lipinski definition) is 3. The fourth-order valence-corrected chi connectivity index (χ4v) is 3.48. The summed E-state index contributed by atoms with van der Waals surface area (Å²) in [4.78, 5) is 25.6.